The Morgan fingerprint density at radius 3 is 2.61 bits per heavy atom. The highest BCUT2D eigenvalue weighted by Crippen LogP contribution is 2.58. The van der Waals surface area contributed by atoms with Crippen molar-refractivity contribution >= 4 is 5.78 Å². The molecule has 1 aliphatic heterocycles. The quantitative estimate of drug-likeness (QED) is 0.841. The van der Waals surface area contributed by atoms with Crippen molar-refractivity contribution in [1.29, 1.82) is 0 Å². The lowest BCUT2D eigenvalue weighted by atomic mass is 9.77. The van der Waals surface area contributed by atoms with Crippen LogP contribution in [0, 0.1) is 0 Å². The number of nitrogens with zero attached hydrogens (tertiary/aromatic N) is 1. The molecule has 0 aromatic heterocycles. The largest absolute Gasteiger partial charge is 0.493 e. The highest BCUT2D eigenvalue weighted by atomic mass is 16.5. The first-order valence-electron chi connectivity index (χ1n) is 8.00. The Kier molecular flexibility index (Phi) is 3.13. The van der Waals surface area contributed by atoms with Gasteiger partial charge < -0.3 is 9.47 Å². The van der Waals surface area contributed by atoms with Crippen molar-refractivity contribution in [1.82, 2.24) is 4.90 Å². The van der Waals surface area contributed by atoms with Gasteiger partial charge in [0, 0.05) is 23.6 Å². The molecule has 0 bridgehead atoms. The van der Waals surface area contributed by atoms with Crippen molar-refractivity contribution < 1.29 is 14.3 Å². The van der Waals surface area contributed by atoms with Crippen LogP contribution in [0.1, 0.15) is 29.2 Å². The second-order valence-electron chi connectivity index (χ2n) is 6.62. The van der Waals surface area contributed by atoms with E-state index in [1.54, 1.807) is 26.4 Å². The van der Waals surface area contributed by atoms with E-state index in [9.17, 15) is 4.79 Å². The lowest BCUT2D eigenvalue weighted by Crippen LogP contribution is -2.31. The third kappa shape index (κ3) is 1.91. The summed E-state index contributed by atoms with van der Waals surface area (Å²) < 4.78 is 11.3. The third-order valence-corrected chi connectivity index (χ3v) is 5.48. The number of allylic oxidation sites excluding steroid dienone is 4. The number of rotatable bonds is 2. The van der Waals surface area contributed by atoms with Crippen molar-refractivity contribution in [3.05, 3.63) is 47.1 Å². The van der Waals surface area contributed by atoms with Crippen molar-refractivity contribution in [2.75, 3.05) is 27.8 Å². The average molecular weight is 311 g/mol. The SMILES string of the molecule is COc1cc2c3c(c1OC)C1(C=CC(=O)C=C1)C[C@H]3N(C)CC2. The fraction of sp³-hybridized carbons (Fsp3) is 0.421. The van der Waals surface area contributed by atoms with Crippen molar-refractivity contribution in [2.45, 2.75) is 24.3 Å². The molecule has 1 aromatic rings. The summed E-state index contributed by atoms with van der Waals surface area (Å²) in [5.41, 5.74) is 3.60. The Bertz CT molecular complexity index is 731. The number of carbonyl (C=O) groups is 1. The van der Waals surface area contributed by atoms with Gasteiger partial charge in [-0.2, -0.15) is 0 Å². The van der Waals surface area contributed by atoms with Crippen LogP contribution in [0.5, 0.6) is 11.5 Å². The molecular weight excluding hydrogens is 290 g/mol. The fourth-order valence-electron chi connectivity index (χ4n) is 4.34. The van der Waals surface area contributed by atoms with E-state index in [0.717, 1.165) is 30.9 Å². The van der Waals surface area contributed by atoms with E-state index in [0.29, 0.717) is 6.04 Å². The molecule has 3 aliphatic rings. The Morgan fingerprint density at radius 2 is 1.96 bits per heavy atom. The Balaban J connectivity index is 2.02. The van der Waals surface area contributed by atoms with Crippen LogP contribution in [-0.4, -0.2) is 38.5 Å². The number of hydrogen-bond donors (Lipinski definition) is 0. The lowest BCUT2D eigenvalue weighted by molar-refractivity contribution is -0.110. The van der Waals surface area contributed by atoms with E-state index >= 15 is 0 Å². The maximum atomic E-state index is 11.6. The van der Waals surface area contributed by atoms with Crippen molar-refractivity contribution in [3.63, 3.8) is 0 Å². The Morgan fingerprint density at radius 1 is 1.22 bits per heavy atom. The van der Waals surface area contributed by atoms with E-state index in [4.69, 9.17) is 9.47 Å². The molecule has 1 aromatic carbocycles. The summed E-state index contributed by atoms with van der Waals surface area (Å²) >= 11 is 0. The molecule has 1 heterocycles. The van der Waals surface area contributed by atoms with Gasteiger partial charge >= 0.3 is 0 Å². The zero-order valence-corrected chi connectivity index (χ0v) is 13.8. The predicted molar refractivity (Wildman–Crippen MR) is 88.2 cm³/mol. The van der Waals surface area contributed by atoms with Crippen LogP contribution in [0.3, 0.4) is 0 Å². The van der Waals surface area contributed by atoms with Gasteiger partial charge in [-0.3, -0.25) is 9.69 Å². The number of methoxy groups -OCH3 is 2. The van der Waals surface area contributed by atoms with E-state index in [1.165, 1.54) is 16.7 Å². The number of hydrogen-bond acceptors (Lipinski definition) is 4. The van der Waals surface area contributed by atoms with Crippen LogP contribution in [0.15, 0.2) is 30.4 Å². The topological polar surface area (TPSA) is 38.8 Å². The highest BCUT2D eigenvalue weighted by molar-refractivity contribution is 6.01. The number of likely N-dealkylation sites (N-methyl/N-ethyl adjacent to an activating group) is 1. The highest BCUT2D eigenvalue weighted by Gasteiger charge is 2.48. The number of fused-ring (bicyclic) bond motifs is 1. The van der Waals surface area contributed by atoms with Gasteiger partial charge in [-0.05, 0) is 49.2 Å². The van der Waals surface area contributed by atoms with Crippen LogP contribution in [0.25, 0.3) is 0 Å². The standard InChI is InChI=1S/C19H21NO3/c1-20-9-6-12-10-15(22-2)18(23-3)17-16(12)14(20)11-19(17)7-4-13(21)5-8-19/h4-5,7-8,10,14H,6,9,11H2,1-3H3/t14-/m1/s1. The van der Waals surface area contributed by atoms with Gasteiger partial charge in [0.15, 0.2) is 17.3 Å². The summed E-state index contributed by atoms with van der Waals surface area (Å²) in [7, 11) is 5.55. The molecule has 1 spiro atoms. The van der Waals surface area contributed by atoms with Crippen LogP contribution >= 0.6 is 0 Å². The minimum atomic E-state index is -0.277. The molecule has 2 aliphatic carbocycles. The number of ketones is 1. The first kappa shape index (κ1) is 14.5. The third-order valence-electron chi connectivity index (χ3n) is 5.48. The molecule has 1 atom stereocenters. The molecule has 23 heavy (non-hydrogen) atoms. The Hall–Kier alpha value is -2.07. The molecule has 0 saturated carbocycles. The molecule has 0 amide bonds. The van der Waals surface area contributed by atoms with E-state index in [-0.39, 0.29) is 11.2 Å². The predicted octanol–water partition coefficient (Wildman–Crippen LogP) is 2.57. The summed E-state index contributed by atoms with van der Waals surface area (Å²) in [5, 5.41) is 0. The zero-order chi connectivity index (χ0) is 16.2. The monoisotopic (exact) mass is 311 g/mol. The molecule has 120 valence electrons. The molecule has 0 unspecified atom stereocenters. The molecule has 4 rings (SSSR count). The van der Waals surface area contributed by atoms with Crippen LogP contribution < -0.4 is 9.47 Å². The summed E-state index contributed by atoms with van der Waals surface area (Å²) in [6, 6.07) is 2.48. The molecular formula is C19H21NO3. The van der Waals surface area contributed by atoms with E-state index in [2.05, 4.69) is 18.0 Å². The molecule has 0 fully saturated rings. The fourth-order valence-corrected chi connectivity index (χ4v) is 4.34. The van der Waals surface area contributed by atoms with E-state index in [1.807, 2.05) is 12.2 Å². The van der Waals surface area contributed by atoms with Gasteiger partial charge in [0.25, 0.3) is 0 Å². The number of ether oxygens (including phenoxy) is 2. The molecule has 4 nitrogen and oxygen atoms in total. The van der Waals surface area contributed by atoms with Gasteiger partial charge in [0.05, 0.1) is 14.2 Å². The smallest absolute Gasteiger partial charge is 0.178 e. The second kappa shape index (κ2) is 4.96. The van der Waals surface area contributed by atoms with Crippen molar-refractivity contribution in [2.24, 2.45) is 0 Å². The minimum absolute atomic E-state index is 0.0472. The zero-order valence-electron chi connectivity index (χ0n) is 13.8. The maximum absolute atomic E-state index is 11.6. The van der Waals surface area contributed by atoms with Crippen LogP contribution in [0.2, 0.25) is 0 Å². The van der Waals surface area contributed by atoms with Gasteiger partial charge in [-0.25, -0.2) is 0 Å². The van der Waals surface area contributed by atoms with Crippen LogP contribution in [-0.2, 0) is 16.6 Å². The average Bonchev–Trinajstić information content (AvgIpc) is 2.90. The summed E-state index contributed by atoms with van der Waals surface area (Å²) in [6.07, 6.45) is 9.40. The van der Waals surface area contributed by atoms with Gasteiger partial charge in [-0.15, -0.1) is 0 Å². The molecule has 4 heteroatoms. The summed E-state index contributed by atoms with van der Waals surface area (Å²) in [6.45, 7) is 1.04. The maximum Gasteiger partial charge on any atom is 0.178 e. The van der Waals surface area contributed by atoms with Crippen molar-refractivity contribution in [3.8, 4) is 11.5 Å². The normalized spacial score (nSPS) is 24.1. The minimum Gasteiger partial charge on any atom is -0.493 e. The lowest BCUT2D eigenvalue weighted by Gasteiger charge is -2.32. The molecule has 0 saturated heterocycles. The number of carbonyl (C=O) groups excluding carboxylic acids is 1. The first-order chi connectivity index (χ1) is 11.1. The summed E-state index contributed by atoms with van der Waals surface area (Å²) in [5.74, 6) is 1.63. The summed E-state index contributed by atoms with van der Waals surface area (Å²) in [4.78, 5) is 14.1. The van der Waals surface area contributed by atoms with Crippen LogP contribution in [0.4, 0.5) is 0 Å². The van der Waals surface area contributed by atoms with Gasteiger partial charge in [0.2, 0.25) is 0 Å². The first-order valence-corrected chi connectivity index (χ1v) is 8.00. The van der Waals surface area contributed by atoms with E-state index < -0.39 is 0 Å². The molecule has 0 N–H and O–H groups in total. The molecule has 0 radical (unpaired) electrons. The number of benzene rings is 1. The van der Waals surface area contributed by atoms with Gasteiger partial charge in [0.1, 0.15) is 0 Å². The second-order valence-corrected chi connectivity index (χ2v) is 6.62. The Labute approximate surface area is 136 Å². The van der Waals surface area contributed by atoms with Gasteiger partial charge in [-0.1, -0.05) is 12.2 Å².